The van der Waals surface area contributed by atoms with Crippen LogP contribution < -0.4 is 0 Å². The summed E-state index contributed by atoms with van der Waals surface area (Å²) < 4.78 is 0. The average Bonchev–Trinajstić information content (AvgIpc) is 2.37. The molecule has 2 aromatic carbocycles. The minimum absolute atomic E-state index is 0.144. The Morgan fingerprint density at radius 3 is 2.10 bits per heavy atom. The van der Waals surface area contributed by atoms with Gasteiger partial charge in [-0.15, -0.1) is 0 Å². The Labute approximate surface area is 120 Å². The number of rotatable bonds is 3. The van der Waals surface area contributed by atoms with Crippen molar-refractivity contribution in [1.29, 1.82) is 0 Å². The van der Waals surface area contributed by atoms with E-state index in [-0.39, 0.29) is 11.5 Å². The van der Waals surface area contributed by atoms with Gasteiger partial charge in [-0.25, -0.2) is 0 Å². The van der Waals surface area contributed by atoms with Crippen LogP contribution in [0.3, 0.4) is 0 Å². The summed E-state index contributed by atoms with van der Waals surface area (Å²) in [5, 5.41) is 10.7. The van der Waals surface area contributed by atoms with E-state index < -0.39 is 0 Å². The van der Waals surface area contributed by atoms with Crippen LogP contribution in [0.4, 0.5) is 0 Å². The molecule has 1 atom stereocenters. The molecule has 3 aliphatic carbocycles. The van der Waals surface area contributed by atoms with E-state index in [4.69, 9.17) is 0 Å². The van der Waals surface area contributed by atoms with Crippen LogP contribution in [0.2, 0.25) is 0 Å². The highest BCUT2D eigenvalue weighted by atomic mass is 16.3. The van der Waals surface area contributed by atoms with Crippen LogP contribution in [0.1, 0.15) is 42.1 Å². The molecule has 0 aromatic heterocycles. The first-order valence-corrected chi connectivity index (χ1v) is 7.44. The summed E-state index contributed by atoms with van der Waals surface area (Å²) in [6.07, 6.45) is 3.12. The lowest BCUT2D eigenvalue weighted by Gasteiger charge is -2.72. The van der Waals surface area contributed by atoms with Crippen LogP contribution in [-0.4, -0.2) is 5.11 Å². The summed E-state index contributed by atoms with van der Waals surface area (Å²) in [5.74, 6) is 0. The van der Waals surface area contributed by atoms with Crippen molar-refractivity contribution in [3.63, 3.8) is 0 Å². The third kappa shape index (κ3) is 1.53. The molecule has 3 aliphatic rings. The Bertz CT molecular complexity index is 607. The number of benzene rings is 2. The van der Waals surface area contributed by atoms with Crippen molar-refractivity contribution in [2.75, 3.05) is 0 Å². The standard InChI is InChI=1S/C19H20O/c1-14-7-9-15(10-8-14)17(20)19-11-18(12-19,13-19)16-5-3-2-4-6-16/h2-10,17,20H,11-13H2,1H3/t17-,18?,19?/m0/s1. The molecule has 0 radical (unpaired) electrons. The van der Waals surface area contributed by atoms with E-state index >= 15 is 0 Å². The van der Waals surface area contributed by atoms with Gasteiger partial charge in [0.15, 0.2) is 0 Å². The summed E-state index contributed by atoms with van der Waals surface area (Å²) in [4.78, 5) is 0. The second-order valence-electron chi connectivity index (χ2n) is 6.85. The van der Waals surface area contributed by atoms with E-state index in [9.17, 15) is 5.11 Å². The SMILES string of the molecule is Cc1ccc([C@H](O)C23CC(c4ccccc4)(C2)C3)cc1. The van der Waals surface area contributed by atoms with E-state index in [0.717, 1.165) is 24.8 Å². The van der Waals surface area contributed by atoms with E-state index in [2.05, 4.69) is 61.5 Å². The fourth-order valence-corrected chi connectivity index (χ4v) is 4.36. The Morgan fingerprint density at radius 1 is 0.900 bits per heavy atom. The molecule has 2 bridgehead atoms. The molecule has 1 N–H and O–H groups in total. The van der Waals surface area contributed by atoms with Crippen molar-refractivity contribution in [1.82, 2.24) is 0 Å². The molecule has 1 nitrogen and oxygen atoms in total. The predicted octanol–water partition coefficient (Wildman–Crippen LogP) is 4.15. The molecule has 0 saturated heterocycles. The fourth-order valence-electron chi connectivity index (χ4n) is 4.36. The number of aliphatic hydroxyl groups excluding tert-OH is 1. The lowest BCUT2D eigenvalue weighted by molar-refractivity contribution is -0.210. The van der Waals surface area contributed by atoms with E-state index in [1.165, 1.54) is 11.1 Å². The zero-order valence-electron chi connectivity index (χ0n) is 11.8. The highest BCUT2D eigenvalue weighted by Gasteiger charge is 2.70. The largest absolute Gasteiger partial charge is 0.388 e. The predicted molar refractivity (Wildman–Crippen MR) is 80.5 cm³/mol. The van der Waals surface area contributed by atoms with Gasteiger partial charge in [-0.05, 0) is 42.7 Å². The summed E-state index contributed by atoms with van der Waals surface area (Å²) in [7, 11) is 0. The minimum Gasteiger partial charge on any atom is -0.388 e. The maximum absolute atomic E-state index is 10.7. The van der Waals surface area contributed by atoms with Crippen LogP contribution in [0.15, 0.2) is 54.6 Å². The second kappa shape index (κ2) is 3.95. The van der Waals surface area contributed by atoms with Gasteiger partial charge < -0.3 is 5.11 Å². The van der Waals surface area contributed by atoms with E-state index in [0.29, 0.717) is 5.41 Å². The molecule has 3 fully saturated rings. The van der Waals surface area contributed by atoms with Gasteiger partial charge in [-0.1, -0.05) is 60.2 Å². The van der Waals surface area contributed by atoms with Crippen LogP contribution >= 0.6 is 0 Å². The van der Waals surface area contributed by atoms with Crippen molar-refractivity contribution in [3.8, 4) is 0 Å². The first-order valence-electron chi connectivity index (χ1n) is 7.44. The van der Waals surface area contributed by atoms with Crippen molar-refractivity contribution >= 4 is 0 Å². The van der Waals surface area contributed by atoms with Gasteiger partial charge in [0.05, 0.1) is 6.10 Å². The zero-order chi connectivity index (χ0) is 13.8. The molecule has 0 spiro atoms. The summed E-state index contributed by atoms with van der Waals surface area (Å²) in [5.41, 5.74) is 4.30. The monoisotopic (exact) mass is 264 g/mol. The van der Waals surface area contributed by atoms with Crippen LogP contribution in [-0.2, 0) is 5.41 Å². The Balaban J connectivity index is 1.53. The maximum atomic E-state index is 10.7. The third-order valence-electron chi connectivity index (χ3n) is 5.43. The fraction of sp³-hybridized carbons (Fsp3) is 0.368. The second-order valence-corrected chi connectivity index (χ2v) is 6.85. The molecule has 5 rings (SSSR count). The molecule has 0 unspecified atom stereocenters. The van der Waals surface area contributed by atoms with Crippen LogP contribution in [0.25, 0.3) is 0 Å². The molecular formula is C19H20O. The Hall–Kier alpha value is -1.60. The van der Waals surface area contributed by atoms with Gasteiger partial charge in [0.25, 0.3) is 0 Å². The number of aliphatic hydroxyl groups is 1. The van der Waals surface area contributed by atoms with Crippen molar-refractivity contribution < 1.29 is 5.11 Å². The Morgan fingerprint density at radius 2 is 1.50 bits per heavy atom. The lowest BCUT2D eigenvalue weighted by Crippen LogP contribution is -2.66. The minimum atomic E-state index is -0.298. The first-order chi connectivity index (χ1) is 9.64. The first kappa shape index (κ1) is 12.2. The van der Waals surface area contributed by atoms with Gasteiger partial charge in [0.2, 0.25) is 0 Å². The number of aryl methyl sites for hydroxylation is 1. The zero-order valence-corrected chi connectivity index (χ0v) is 11.8. The maximum Gasteiger partial charge on any atom is 0.0847 e. The number of hydrogen-bond acceptors (Lipinski definition) is 1. The molecule has 0 amide bonds. The lowest BCUT2D eigenvalue weighted by atomic mass is 9.32. The number of hydrogen-bond donors (Lipinski definition) is 1. The Kier molecular flexibility index (Phi) is 2.41. The molecule has 3 saturated carbocycles. The summed E-state index contributed by atoms with van der Waals surface area (Å²) in [6.45, 7) is 2.08. The summed E-state index contributed by atoms with van der Waals surface area (Å²) in [6, 6.07) is 19.1. The average molecular weight is 264 g/mol. The van der Waals surface area contributed by atoms with E-state index in [1.807, 2.05) is 0 Å². The van der Waals surface area contributed by atoms with Crippen molar-refractivity contribution in [2.24, 2.45) is 5.41 Å². The molecule has 0 aliphatic heterocycles. The molecular weight excluding hydrogens is 244 g/mol. The highest BCUT2D eigenvalue weighted by molar-refractivity contribution is 5.41. The quantitative estimate of drug-likeness (QED) is 0.883. The van der Waals surface area contributed by atoms with E-state index in [1.54, 1.807) is 0 Å². The molecule has 1 heteroatoms. The molecule has 0 heterocycles. The molecule has 20 heavy (non-hydrogen) atoms. The smallest absolute Gasteiger partial charge is 0.0847 e. The van der Waals surface area contributed by atoms with Gasteiger partial charge in [-0.3, -0.25) is 0 Å². The van der Waals surface area contributed by atoms with Crippen LogP contribution in [0, 0.1) is 12.3 Å². The highest BCUT2D eigenvalue weighted by Crippen LogP contribution is 2.77. The van der Waals surface area contributed by atoms with Gasteiger partial charge in [-0.2, -0.15) is 0 Å². The molecule has 2 aromatic rings. The van der Waals surface area contributed by atoms with Crippen molar-refractivity contribution in [3.05, 3.63) is 71.3 Å². The topological polar surface area (TPSA) is 20.2 Å². The van der Waals surface area contributed by atoms with Gasteiger partial charge >= 0.3 is 0 Å². The normalized spacial score (nSPS) is 32.1. The molecule has 102 valence electrons. The van der Waals surface area contributed by atoms with Gasteiger partial charge in [0.1, 0.15) is 0 Å². The van der Waals surface area contributed by atoms with Crippen molar-refractivity contribution in [2.45, 2.75) is 37.7 Å². The summed E-state index contributed by atoms with van der Waals surface area (Å²) >= 11 is 0. The van der Waals surface area contributed by atoms with Crippen LogP contribution in [0.5, 0.6) is 0 Å². The van der Waals surface area contributed by atoms with Gasteiger partial charge in [0, 0.05) is 5.41 Å². The third-order valence-corrected chi connectivity index (χ3v) is 5.43.